The van der Waals surface area contributed by atoms with E-state index in [9.17, 15) is 19.5 Å². The predicted octanol–water partition coefficient (Wildman–Crippen LogP) is 1.42. The molecule has 0 radical (unpaired) electrons. The standard InChI is InChI=1S/C20H28N2O6/c1-28-19(26)18(25)15-9-11-22(12-10-15)20(27)21-16(7-8-17(23)24)13-14-5-3-2-4-6-14/h2-6,15-16,18,25H,7-13H2,1H3,(H,21,27)(H,23,24). The van der Waals surface area contributed by atoms with Crippen molar-refractivity contribution in [1.82, 2.24) is 10.2 Å². The highest BCUT2D eigenvalue weighted by Gasteiger charge is 2.32. The van der Waals surface area contributed by atoms with Crippen LogP contribution in [0.2, 0.25) is 0 Å². The van der Waals surface area contributed by atoms with E-state index < -0.39 is 18.0 Å². The molecule has 0 spiro atoms. The Morgan fingerprint density at radius 1 is 1.21 bits per heavy atom. The summed E-state index contributed by atoms with van der Waals surface area (Å²) in [6.45, 7) is 0.836. The molecule has 1 fully saturated rings. The van der Waals surface area contributed by atoms with Crippen LogP contribution in [-0.4, -0.2) is 65.4 Å². The molecule has 2 amide bonds. The number of nitrogens with zero attached hydrogens (tertiary/aromatic N) is 1. The molecule has 1 saturated heterocycles. The fraction of sp³-hybridized carbons (Fsp3) is 0.550. The van der Waals surface area contributed by atoms with E-state index in [0.29, 0.717) is 38.8 Å². The monoisotopic (exact) mass is 392 g/mol. The molecule has 1 aliphatic rings. The number of carbonyl (C=O) groups is 3. The lowest BCUT2D eigenvalue weighted by atomic mass is 9.91. The third-order valence-electron chi connectivity index (χ3n) is 5.08. The molecular formula is C20H28N2O6. The van der Waals surface area contributed by atoms with Crippen LogP contribution >= 0.6 is 0 Å². The first-order chi connectivity index (χ1) is 13.4. The highest BCUT2D eigenvalue weighted by molar-refractivity contribution is 5.76. The highest BCUT2D eigenvalue weighted by Crippen LogP contribution is 2.22. The molecule has 3 N–H and O–H groups in total. The molecule has 0 aliphatic carbocycles. The predicted molar refractivity (Wildman–Crippen MR) is 102 cm³/mol. The topological polar surface area (TPSA) is 116 Å². The summed E-state index contributed by atoms with van der Waals surface area (Å²) in [5.41, 5.74) is 1.03. The Bertz CT molecular complexity index is 658. The van der Waals surface area contributed by atoms with Gasteiger partial charge in [0.05, 0.1) is 7.11 Å². The maximum Gasteiger partial charge on any atom is 0.334 e. The minimum Gasteiger partial charge on any atom is -0.481 e. The Morgan fingerprint density at radius 2 is 1.86 bits per heavy atom. The maximum absolute atomic E-state index is 12.6. The van der Waals surface area contributed by atoms with Crippen molar-refractivity contribution in [3.8, 4) is 0 Å². The quantitative estimate of drug-likeness (QED) is 0.576. The van der Waals surface area contributed by atoms with Gasteiger partial charge in [-0.05, 0) is 37.2 Å². The van der Waals surface area contributed by atoms with Gasteiger partial charge < -0.3 is 25.2 Å². The minimum absolute atomic E-state index is 0.0226. The summed E-state index contributed by atoms with van der Waals surface area (Å²) < 4.78 is 4.57. The van der Waals surface area contributed by atoms with E-state index in [0.717, 1.165) is 5.56 Å². The summed E-state index contributed by atoms with van der Waals surface area (Å²) in [6, 6.07) is 9.06. The smallest absolute Gasteiger partial charge is 0.334 e. The van der Waals surface area contributed by atoms with Crippen molar-refractivity contribution in [3.05, 3.63) is 35.9 Å². The molecule has 0 bridgehead atoms. The van der Waals surface area contributed by atoms with Crippen LogP contribution in [0.1, 0.15) is 31.2 Å². The van der Waals surface area contributed by atoms with Crippen molar-refractivity contribution in [2.45, 2.75) is 44.2 Å². The van der Waals surface area contributed by atoms with E-state index in [-0.39, 0.29) is 24.4 Å². The van der Waals surface area contributed by atoms with E-state index in [1.54, 1.807) is 4.90 Å². The van der Waals surface area contributed by atoms with Crippen LogP contribution in [0.25, 0.3) is 0 Å². The Hall–Kier alpha value is -2.61. The number of aliphatic carboxylic acids is 1. The van der Waals surface area contributed by atoms with Gasteiger partial charge in [-0.2, -0.15) is 0 Å². The van der Waals surface area contributed by atoms with Crippen molar-refractivity contribution in [3.63, 3.8) is 0 Å². The van der Waals surface area contributed by atoms with E-state index >= 15 is 0 Å². The lowest BCUT2D eigenvalue weighted by molar-refractivity contribution is -0.154. The molecule has 0 aromatic heterocycles. The van der Waals surface area contributed by atoms with Gasteiger partial charge in [0.2, 0.25) is 0 Å². The number of amides is 2. The van der Waals surface area contributed by atoms with Gasteiger partial charge in [-0.3, -0.25) is 4.79 Å². The summed E-state index contributed by atoms with van der Waals surface area (Å²) in [5.74, 6) is -1.78. The minimum atomic E-state index is -1.17. The first-order valence-corrected chi connectivity index (χ1v) is 9.47. The van der Waals surface area contributed by atoms with Crippen LogP contribution in [0.15, 0.2) is 30.3 Å². The number of likely N-dealkylation sites (tertiary alicyclic amines) is 1. The molecule has 1 heterocycles. The largest absolute Gasteiger partial charge is 0.481 e. The maximum atomic E-state index is 12.6. The van der Waals surface area contributed by atoms with Crippen LogP contribution in [0.3, 0.4) is 0 Å². The van der Waals surface area contributed by atoms with Crippen LogP contribution in [-0.2, 0) is 20.7 Å². The van der Waals surface area contributed by atoms with Gasteiger partial charge >= 0.3 is 18.0 Å². The number of hydrogen-bond donors (Lipinski definition) is 3. The number of nitrogens with one attached hydrogen (secondary N) is 1. The highest BCUT2D eigenvalue weighted by atomic mass is 16.5. The van der Waals surface area contributed by atoms with Crippen LogP contribution in [0, 0.1) is 5.92 Å². The Morgan fingerprint density at radius 3 is 2.43 bits per heavy atom. The average Bonchev–Trinajstić information content (AvgIpc) is 2.71. The van der Waals surface area contributed by atoms with Gasteiger partial charge in [0, 0.05) is 25.6 Å². The number of benzene rings is 1. The Balaban J connectivity index is 1.90. The lowest BCUT2D eigenvalue weighted by Gasteiger charge is -2.34. The van der Waals surface area contributed by atoms with Crippen LogP contribution in [0.4, 0.5) is 4.79 Å². The normalized spacial score (nSPS) is 16.9. The second-order valence-corrected chi connectivity index (χ2v) is 7.06. The third kappa shape index (κ3) is 6.53. The van der Waals surface area contributed by atoms with Gasteiger partial charge in [-0.1, -0.05) is 30.3 Å². The van der Waals surface area contributed by atoms with E-state index in [1.165, 1.54) is 7.11 Å². The molecule has 154 valence electrons. The number of carbonyl (C=O) groups excluding carboxylic acids is 2. The SMILES string of the molecule is COC(=O)C(O)C1CCN(C(=O)NC(CCC(=O)O)Cc2ccccc2)CC1. The van der Waals surface area contributed by atoms with Crippen molar-refractivity contribution in [2.75, 3.05) is 20.2 Å². The number of piperidine rings is 1. The summed E-state index contributed by atoms with van der Waals surface area (Å²) in [7, 11) is 1.23. The molecule has 1 aromatic carbocycles. The van der Waals surface area contributed by atoms with Gasteiger partial charge in [-0.25, -0.2) is 9.59 Å². The Labute approximate surface area is 164 Å². The number of hydrogen-bond acceptors (Lipinski definition) is 5. The number of aliphatic hydroxyl groups is 1. The Kier molecular flexibility index (Phi) is 8.25. The fourth-order valence-corrected chi connectivity index (χ4v) is 3.42. The molecule has 0 saturated carbocycles. The number of aliphatic hydroxyl groups excluding tert-OH is 1. The molecule has 2 unspecified atom stereocenters. The molecule has 2 rings (SSSR count). The second kappa shape index (κ2) is 10.7. The summed E-state index contributed by atoms with van der Waals surface area (Å²) in [5, 5.41) is 21.9. The van der Waals surface area contributed by atoms with Gasteiger partial charge in [0.25, 0.3) is 0 Å². The third-order valence-corrected chi connectivity index (χ3v) is 5.08. The van der Waals surface area contributed by atoms with Crippen molar-refractivity contribution in [1.29, 1.82) is 0 Å². The molecular weight excluding hydrogens is 364 g/mol. The molecule has 1 aromatic rings. The lowest BCUT2D eigenvalue weighted by Crippen LogP contribution is -2.50. The summed E-state index contributed by atoms with van der Waals surface area (Å²) >= 11 is 0. The molecule has 8 heteroatoms. The van der Waals surface area contributed by atoms with Crippen LogP contribution in [0.5, 0.6) is 0 Å². The molecule has 8 nitrogen and oxygen atoms in total. The molecule has 2 atom stereocenters. The van der Waals surface area contributed by atoms with E-state index in [1.807, 2.05) is 30.3 Å². The zero-order valence-electron chi connectivity index (χ0n) is 16.0. The number of rotatable bonds is 8. The molecule has 1 aliphatic heterocycles. The number of carboxylic acid groups (broad SMARTS) is 1. The summed E-state index contributed by atoms with van der Waals surface area (Å²) in [6.07, 6.45) is 0.706. The first kappa shape index (κ1) is 21.7. The van der Waals surface area contributed by atoms with Gasteiger partial charge in [-0.15, -0.1) is 0 Å². The number of methoxy groups -OCH3 is 1. The number of urea groups is 1. The van der Waals surface area contributed by atoms with Crippen molar-refractivity contribution in [2.24, 2.45) is 5.92 Å². The summed E-state index contributed by atoms with van der Waals surface area (Å²) in [4.78, 5) is 36.7. The van der Waals surface area contributed by atoms with Gasteiger partial charge in [0.15, 0.2) is 6.10 Å². The van der Waals surface area contributed by atoms with E-state index in [4.69, 9.17) is 5.11 Å². The zero-order chi connectivity index (χ0) is 20.5. The second-order valence-electron chi connectivity index (χ2n) is 7.06. The number of ether oxygens (including phenoxy) is 1. The average molecular weight is 392 g/mol. The number of esters is 1. The van der Waals surface area contributed by atoms with Crippen molar-refractivity contribution >= 4 is 18.0 Å². The fourth-order valence-electron chi connectivity index (χ4n) is 3.42. The van der Waals surface area contributed by atoms with E-state index in [2.05, 4.69) is 10.1 Å². The first-order valence-electron chi connectivity index (χ1n) is 9.47. The van der Waals surface area contributed by atoms with Crippen LogP contribution < -0.4 is 5.32 Å². The molecule has 28 heavy (non-hydrogen) atoms. The number of carboxylic acids is 1. The zero-order valence-corrected chi connectivity index (χ0v) is 16.0. The van der Waals surface area contributed by atoms with Crippen molar-refractivity contribution < 1.29 is 29.3 Å². The van der Waals surface area contributed by atoms with Gasteiger partial charge in [0.1, 0.15) is 0 Å².